The third-order valence-electron chi connectivity index (χ3n) is 5.18. The molecule has 4 nitrogen and oxygen atoms in total. The Morgan fingerprint density at radius 1 is 0.800 bits per heavy atom. The van der Waals surface area contributed by atoms with Crippen LogP contribution < -0.4 is 4.74 Å². The van der Waals surface area contributed by atoms with Gasteiger partial charge in [0.15, 0.2) is 0 Å². The van der Waals surface area contributed by atoms with Gasteiger partial charge in [-0.15, -0.1) is 0 Å². The van der Waals surface area contributed by atoms with E-state index in [9.17, 15) is 8.42 Å². The van der Waals surface area contributed by atoms with Crippen molar-refractivity contribution in [3.8, 4) is 5.75 Å². The van der Waals surface area contributed by atoms with E-state index < -0.39 is 10.0 Å². The molecular formula is C25H23NO3S. The van der Waals surface area contributed by atoms with E-state index in [1.165, 1.54) is 3.97 Å². The third-order valence-corrected chi connectivity index (χ3v) is 6.89. The number of hydrogen-bond acceptors (Lipinski definition) is 3. The summed E-state index contributed by atoms with van der Waals surface area (Å²) < 4.78 is 33.7. The molecule has 4 rings (SSSR count). The summed E-state index contributed by atoms with van der Waals surface area (Å²) in [6.07, 6.45) is 1.61. The highest BCUT2D eigenvalue weighted by atomic mass is 32.2. The molecule has 1 unspecified atom stereocenters. The van der Waals surface area contributed by atoms with Crippen molar-refractivity contribution in [3.05, 3.63) is 120 Å². The van der Waals surface area contributed by atoms with Gasteiger partial charge in [0.1, 0.15) is 5.75 Å². The SMILES string of the molecule is COc1cccc(C(c2ccccc2)c2cccn2S(=O)(=O)c2ccc(C)cc2)c1. The molecule has 0 aliphatic rings. The van der Waals surface area contributed by atoms with Gasteiger partial charge in [-0.25, -0.2) is 12.4 Å². The van der Waals surface area contributed by atoms with E-state index in [2.05, 4.69) is 0 Å². The largest absolute Gasteiger partial charge is 0.497 e. The van der Waals surface area contributed by atoms with Crippen LogP contribution >= 0.6 is 0 Å². The number of aromatic nitrogens is 1. The van der Waals surface area contributed by atoms with E-state index in [-0.39, 0.29) is 10.8 Å². The first kappa shape index (κ1) is 20.0. The van der Waals surface area contributed by atoms with Crippen molar-refractivity contribution in [3.63, 3.8) is 0 Å². The van der Waals surface area contributed by atoms with Crippen LogP contribution in [0.25, 0.3) is 0 Å². The fourth-order valence-electron chi connectivity index (χ4n) is 3.65. The molecule has 152 valence electrons. The fourth-order valence-corrected chi connectivity index (χ4v) is 5.03. The average molecular weight is 418 g/mol. The average Bonchev–Trinajstić information content (AvgIpc) is 3.25. The van der Waals surface area contributed by atoms with E-state index in [4.69, 9.17) is 4.74 Å². The Morgan fingerprint density at radius 2 is 1.50 bits per heavy atom. The number of nitrogens with zero attached hydrogens (tertiary/aromatic N) is 1. The summed E-state index contributed by atoms with van der Waals surface area (Å²) in [5, 5.41) is 0. The molecule has 0 spiro atoms. The molecule has 0 N–H and O–H groups in total. The molecule has 0 amide bonds. The lowest BCUT2D eigenvalue weighted by Crippen LogP contribution is -2.18. The van der Waals surface area contributed by atoms with E-state index in [0.29, 0.717) is 5.69 Å². The summed E-state index contributed by atoms with van der Waals surface area (Å²) in [5.41, 5.74) is 3.65. The van der Waals surface area contributed by atoms with Gasteiger partial charge in [0.25, 0.3) is 10.0 Å². The van der Waals surface area contributed by atoms with Gasteiger partial charge in [-0.3, -0.25) is 0 Å². The Balaban J connectivity index is 1.90. The molecule has 0 saturated carbocycles. The minimum atomic E-state index is -3.73. The first-order valence-electron chi connectivity index (χ1n) is 9.69. The van der Waals surface area contributed by atoms with Crippen LogP contribution in [0.1, 0.15) is 28.3 Å². The first-order chi connectivity index (χ1) is 14.5. The number of aryl methyl sites for hydroxylation is 1. The second-order valence-electron chi connectivity index (χ2n) is 7.17. The van der Waals surface area contributed by atoms with E-state index >= 15 is 0 Å². The minimum Gasteiger partial charge on any atom is -0.497 e. The van der Waals surface area contributed by atoms with Crippen molar-refractivity contribution in [2.75, 3.05) is 7.11 Å². The summed E-state index contributed by atoms with van der Waals surface area (Å²) in [5.74, 6) is 0.462. The van der Waals surface area contributed by atoms with E-state index in [0.717, 1.165) is 22.4 Å². The van der Waals surface area contributed by atoms with Gasteiger partial charge in [-0.2, -0.15) is 0 Å². The molecule has 0 saturated heterocycles. The predicted octanol–water partition coefficient (Wildman–Crippen LogP) is 5.22. The van der Waals surface area contributed by atoms with Crippen LogP contribution in [-0.4, -0.2) is 19.5 Å². The highest BCUT2D eigenvalue weighted by molar-refractivity contribution is 7.90. The third kappa shape index (κ3) is 3.76. The number of benzene rings is 3. The monoisotopic (exact) mass is 417 g/mol. The topological polar surface area (TPSA) is 48.3 Å². The summed E-state index contributed by atoms with van der Waals surface area (Å²) in [6.45, 7) is 1.94. The van der Waals surface area contributed by atoms with Gasteiger partial charge >= 0.3 is 0 Å². The van der Waals surface area contributed by atoms with Gasteiger partial charge < -0.3 is 4.74 Å². The lowest BCUT2D eigenvalue weighted by atomic mass is 9.88. The van der Waals surface area contributed by atoms with Gasteiger partial charge in [-0.1, -0.05) is 60.2 Å². The van der Waals surface area contributed by atoms with Crippen LogP contribution in [0, 0.1) is 6.92 Å². The van der Waals surface area contributed by atoms with Crippen LogP contribution in [0.5, 0.6) is 5.75 Å². The van der Waals surface area contributed by atoms with E-state index in [1.807, 2.05) is 79.7 Å². The predicted molar refractivity (Wildman–Crippen MR) is 119 cm³/mol. The van der Waals surface area contributed by atoms with Crippen molar-refractivity contribution in [2.45, 2.75) is 17.7 Å². The highest BCUT2D eigenvalue weighted by Crippen LogP contribution is 2.35. The number of rotatable bonds is 6. The quantitative estimate of drug-likeness (QED) is 0.432. The molecule has 0 aliphatic carbocycles. The van der Waals surface area contributed by atoms with Crippen LogP contribution in [0.15, 0.2) is 102 Å². The highest BCUT2D eigenvalue weighted by Gasteiger charge is 2.26. The molecule has 0 bridgehead atoms. The van der Waals surface area contributed by atoms with Crippen LogP contribution in [-0.2, 0) is 10.0 Å². The smallest absolute Gasteiger partial charge is 0.267 e. The van der Waals surface area contributed by atoms with Gasteiger partial charge in [0, 0.05) is 11.9 Å². The maximum Gasteiger partial charge on any atom is 0.267 e. The molecule has 3 aromatic carbocycles. The Hall–Kier alpha value is -3.31. The first-order valence-corrected chi connectivity index (χ1v) is 11.1. The Morgan fingerprint density at radius 3 is 2.20 bits per heavy atom. The zero-order chi connectivity index (χ0) is 21.1. The Labute approximate surface area is 177 Å². The second-order valence-corrected chi connectivity index (χ2v) is 8.98. The van der Waals surface area contributed by atoms with Crippen molar-refractivity contribution in [1.29, 1.82) is 0 Å². The summed E-state index contributed by atoms with van der Waals surface area (Å²) in [4.78, 5) is 0.267. The standard InChI is InChI=1S/C25H23NO3S/c1-19-13-15-23(16-14-19)30(27,28)26-17-7-12-24(26)25(20-8-4-3-5-9-20)21-10-6-11-22(18-21)29-2/h3-18,25H,1-2H3. The summed E-state index contributed by atoms with van der Waals surface area (Å²) in [7, 11) is -2.11. The minimum absolute atomic E-state index is 0.267. The number of ether oxygens (including phenoxy) is 1. The number of methoxy groups -OCH3 is 1. The maximum atomic E-state index is 13.5. The molecule has 0 radical (unpaired) electrons. The lowest BCUT2D eigenvalue weighted by Gasteiger charge is -2.21. The van der Waals surface area contributed by atoms with Crippen molar-refractivity contribution >= 4 is 10.0 Å². The van der Waals surface area contributed by atoms with Crippen LogP contribution in [0.3, 0.4) is 0 Å². The summed E-state index contributed by atoms with van der Waals surface area (Å²) >= 11 is 0. The molecule has 0 fully saturated rings. The van der Waals surface area contributed by atoms with Gasteiger partial charge in [-0.05, 0) is 54.4 Å². The van der Waals surface area contributed by atoms with Crippen LogP contribution in [0.2, 0.25) is 0 Å². The zero-order valence-electron chi connectivity index (χ0n) is 16.9. The molecule has 4 aromatic rings. The molecule has 1 heterocycles. The zero-order valence-corrected chi connectivity index (χ0v) is 17.7. The molecule has 0 aliphatic heterocycles. The van der Waals surface area contributed by atoms with Crippen molar-refractivity contribution < 1.29 is 13.2 Å². The molecule has 5 heteroatoms. The van der Waals surface area contributed by atoms with Crippen molar-refractivity contribution in [1.82, 2.24) is 3.97 Å². The molecule has 30 heavy (non-hydrogen) atoms. The van der Waals surface area contributed by atoms with Crippen molar-refractivity contribution in [2.24, 2.45) is 0 Å². The lowest BCUT2D eigenvalue weighted by molar-refractivity contribution is 0.414. The second kappa shape index (κ2) is 8.20. The van der Waals surface area contributed by atoms with Gasteiger partial charge in [0.2, 0.25) is 0 Å². The molecule has 1 aromatic heterocycles. The number of hydrogen-bond donors (Lipinski definition) is 0. The maximum absolute atomic E-state index is 13.5. The molecule has 1 atom stereocenters. The van der Waals surface area contributed by atoms with Crippen LogP contribution in [0.4, 0.5) is 0 Å². The molecular weight excluding hydrogens is 394 g/mol. The fraction of sp³-hybridized carbons (Fsp3) is 0.120. The van der Waals surface area contributed by atoms with Gasteiger partial charge in [0.05, 0.1) is 17.9 Å². The normalized spacial score (nSPS) is 12.5. The summed E-state index contributed by atoms with van der Waals surface area (Å²) in [6, 6.07) is 28.2. The Bertz CT molecular complexity index is 1240. The van der Waals surface area contributed by atoms with E-state index in [1.54, 1.807) is 31.5 Å². The Kier molecular flexibility index (Phi) is 5.46.